The standard InChI is InChI=1S/C18H14BrClN2O3S/c1-9-3-4-11-14(5-9)26-17(15(11)20)18(24)22-21-8-10-6-12(19)16(23)13(7-10)25-2/h3-8,23H,1-2H3,(H,22,24). The number of aryl methyl sites for hydroxylation is 1. The van der Waals surface area contributed by atoms with Gasteiger partial charge in [-0.05, 0) is 52.2 Å². The molecule has 0 fully saturated rings. The first-order chi connectivity index (χ1) is 12.4. The van der Waals surface area contributed by atoms with Crippen LogP contribution in [0.15, 0.2) is 39.9 Å². The number of benzene rings is 2. The van der Waals surface area contributed by atoms with Crippen molar-refractivity contribution in [1.82, 2.24) is 5.43 Å². The number of fused-ring (bicyclic) bond motifs is 1. The minimum absolute atomic E-state index is 0.000960. The number of phenols is 1. The van der Waals surface area contributed by atoms with Crippen LogP contribution >= 0.6 is 38.9 Å². The predicted octanol–water partition coefficient (Wildman–Crippen LogP) is 5.10. The molecule has 5 nitrogen and oxygen atoms in total. The second-order valence-electron chi connectivity index (χ2n) is 5.50. The van der Waals surface area contributed by atoms with Crippen LogP contribution in [0.5, 0.6) is 11.5 Å². The number of rotatable bonds is 4. The Morgan fingerprint density at radius 1 is 1.38 bits per heavy atom. The molecule has 0 saturated heterocycles. The van der Waals surface area contributed by atoms with Crippen LogP contribution in [0.2, 0.25) is 5.02 Å². The molecule has 1 aromatic heterocycles. The lowest BCUT2D eigenvalue weighted by atomic mass is 10.2. The van der Waals surface area contributed by atoms with Gasteiger partial charge in [0.2, 0.25) is 0 Å². The average molecular weight is 454 g/mol. The van der Waals surface area contributed by atoms with E-state index in [0.717, 1.165) is 15.6 Å². The van der Waals surface area contributed by atoms with Crippen LogP contribution in [-0.4, -0.2) is 24.3 Å². The number of thiophene rings is 1. The molecule has 0 bridgehead atoms. The highest BCUT2D eigenvalue weighted by Gasteiger charge is 2.16. The maximum Gasteiger partial charge on any atom is 0.283 e. The minimum atomic E-state index is -0.380. The lowest BCUT2D eigenvalue weighted by molar-refractivity contribution is 0.0959. The van der Waals surface area contributed by atoms with Crippen LogP contribution < -0.4 is 10.2 Å². The normalized spacial score (nSPS) is 11.2. The Morgan fingerprint density at radius 2 is 2.15 bits per heavy atom. The summed E-state index contributed by atoms with van der Waals surface area (Å²) in [5.41, 5.74) is 4.22. The van der Waals surface area contributed by atoms with Crippen molar-refractivity contribution >= 4 is 61.1 Å². The van der Waals surface area contributed by atoms with Gasteiger partial charge in [0.1, 0.15) is 4.88 Å². The van der Waals surface area contributed by atoms with Gasteiger partial charge >= 0.3 is 0 Å². The molecule has 8 heteroatoms. The molecule has 26 heavy (non-hydrogen) atoms. The summed E-state index contributed by atoms with van der Waals surface area (Å²) in [7, 11) is 1.45. The highest BCUT2D eigenvalue weighted by Crippen LogP contribution is 2.36. The molecule has 3 rings (SSSR count). The molecule has 0 aliphatic carbocycles. The Bertz CT molecular complexity index is 1030. The molecule has 0 radical (unpaired) electrons. The molecule has 0 aliphatic rings. The number of methoxy groups -OCH3 is 1. The zero-order valence-corrected chi connectivity index (χ0v) is 17.0. The van der Waals surface area contributed by atoms with Gasteiger partial charge in [-0.25, -0.2) is 5.43 Å². The quantitative estimate of drug-likeness (QED) is 0.426. The Morgan fingerprint density at radius 3 is 2.88 bits per heavy atom. The zero-order valence-electron chi connectivity index (χ0n) is 13.8. The Labute approximate surface area is 167 Å². The summed E-state index contributed by atoms with van der Waals surface area (Å²) in [6, 6.07) is 9.11. The van der Waals surface area contributed by atoms with Crippen LogP contribution in [0.3, 0.4) is 0 Å². The van der Waals surface area contributed by atoms with Crippen molar-refractivity contribution in [1.29, 1.82) is 0 Å². The van der Waals surface area contributed by atoms with E-state index < -0.39 is 0 Å². The zero-order chi connectivity index (χ0) is 18.8. The van der Waals surface area contributed by atoms with Gasteiger partial charge in [0.05, 0.1) is 22.8 Å². The van der Waals surface area contributed by atoms with Crippen molar-refractivity contribution < 1.29 is 14.6 Å². The third kappa shape index (κ3) is 3.70. The van der Waals surface area contributed by atoms with E-state index in [1.165, 1.54) is 24.7 Å². The predicted molar refractivity (Wildman–Crippen MR) is 109 cm³/mol. The molecular weight excluding hydrogens is 440 g/mol. The number of hydrazone groups is 1. The molecule has 134 valence electrons. The van der Waals surface area contributed by atoms with Gasteiger partial charge in [0.25, 0.3) is 5.91 Å². The van der Waals surface area contributed by atoms with Gasteiger partial charge in [-0.2, -0.15) is 5.10 Å². The van der Waals surface area contributed by atoms with Crippen molar-refractivity contribution in [2.45, 2.75) is 6.92 Å². The molecule has 0 spiro atoms. The molecule has 0 atom stereocenters. The maximum atomic E-state index is 12.4. The van der Waals surface area contributed by atoms with E-state index in [0.29, 0.717) is 25.7 Å². The monoisotopic (exact) mass is 452 g/mol. The minimum Gasteiger partial charge on any atom is -0.503 e. The summed E-state index contributed by atoms with van der Waals surface area (Å²) in [5.74, 6) is -0.0778. The van der Waals surface area contributed by atoms with Crippen LogP contribution in [0.25, 0.3) is 10.1 Å². The number of nitrogens with zero attached hydrogens (tertiary/aromatic N) is 1. The highest BCUT2D eigenvalue weighted by molar-refractivity contribution is 9.10. The fourth-order valence-corrected chi connectivity index (χ4v) is 4.32. The lowest BCUT2D eigenvalue weighted by Gasteiger charge is -2.06. The number of phenolic OH excluding ortho intramolecular Hbond substituents is 1. The van der Waals surface area contributed by atoms with E-state index in [1.54, 1.807) is 12.1 Å². The van der Waals surface area contributed by atoms with Crippen molar-refractivity contribution in [3.05, 3.63) is 55.8 Å². The molecule has 2 N–H and O–H groups in total. The van der Waals surface area contributed by atoms with Crippen LogP contribution in [0, 0.1) is 6.92 Å². The third-order valence-corrected chi connectivity index (χ3v) is 5.90. The number of aromatic hydroxyl groups is 1. The number of hydrogen-bond acceptors (Lipinski definition) is 5. The first-order valence-corrected chi connectivity index (χ1v) is 9.48. The summed E-state index contributed by atoms with van der Waals surface area (Å²) in [6.07, 6.45) is 1.45. The van der Waals surface area contributed by atoms with Crippen LogP contribution in [0.4, 0.5) is 0 Å². The van der Waals surface area contributed by atoms with E-state index in [-0.39, 0.29) is 11.7 Å². The van der Waals surface area contributed by atoms with E-state index in [2.05, 4.69) is 26.5 Å². The van der Waals surface area contributed by atoms with Crippen LogP contribution in [-0.2, 0) is 0 Å². The molecule has 0 saturated carbocycles. The van der Waals surface area contributed by atoms with E-state index in [1.807, 2.05) is 25.1 Å². The molecule has 2 aromatic carbocycles. The number of halogens is 2. The molecular formula is C18H14BrClN2O3S. The number of amides is 1. The third-order valence-electron chi connectivity index (χ3n) is 3.64. The Hall–Kier alpha value is -2.09. The first-order valence-electron chi connectivity index (χ1n) is 7.49. The number of hydrogen-bond donors (Lipinski definition) is 2. The number of ether oxygens (including phenoxy) is 1. The number of carbonyl (C=O) groups excluding carboxylic acids is 1. The summed E-state index contributed by atoms with van der Waals surface area (Å²) in [5, 5.41) is 15.0. The molecule has 1 heterocycles. The topological polar surface area (TPSA) is 70.9 Å². The number of nitrogens with one attached hydrogen (secondary N) is 1. The van der Waals surface area contributed by atoms with Crippen molar-refractivity contribution in [3.8, 4) is 11.5 Å². The van der Waals surface area contributed by atoms with Crippen molar-refractivity contribution in [2.75, 3.05) is 7.11 Å². The van der Waals surface area contributed by atoms with E-state index >= 15 is 0 Å². The van der Waals surface area contributed by atoms with Gasteiger partial charge in [-0.3, -0.25) is 4.79 Å². The lowest BCUT2D eigenvalue weighted by Crippen LogP contribution is -2.16. The molecule has 1 amide bonds. The average Bonchev–Trinajstić information content (AvgIpc) is 2.93. The Kier molecular flexibility index (Phi) is 5.50. The first kappa shape index (κ1) is 18.7. The molecule has 0 aliphatic heterocycles. The Balaban J connectivity index is 1.80. The number of carbonyl (C=O) groups is 1. The fraction of sp³-hybridized carbons (Fsp3) is 0.111. The van der Waals surface area contributed by atoms with Crippen molar-refractivity contribution in [2.24, 2.45) is 5.10 Å². The fourth-order valence-electron chi connectivity index (χ4n) is 2.36. The summed E-state index contributed by atoms with van der Waals surface area (Å²) >= 11 is 10.9. The van der Waals surface area contributed by atoms with Gasteiger partial charge in [0.15, 0.2) is 11.5 Å². The van der Waals surface area contributed by atoms with E-state index in [9.17, 15) is 9.90 Å². The van der Waals surface area contributed by atoms with Gasteiger partial charge < -0.3 is 9.84 Å². The largest absolute Gasteiger partial charge is 0.503 e. The summed E-state index contributed by atoms with van der Waals surface area (Å²) in [6.45, 7) is 1.99. The maximum absolute atomic E-state index is 12.4. The molecule has 0 unspecified atom stereocenters. The van der Waals surface area contributed by atoms with Crippen LogP contribution in [0.1, 0.15) is 20.8 Å². The highest BCUT2D eigenvalue weighted by atomic mass is 79.9. The second kappa shape index (κ2) is 7.65. The van der Waals surface area contributed by atoms with Gasteiger partial charge in [0, 0.05) is 10.1 Å². The second-order valence-corrected chi connectivity index (χ2v) is 7.78. The summed E-state index contributed by atoms with van der Waals surface area (Å²) in [4.78, 5) is 12.8. The smallest absolute Gasteiger partial charge is 0.283 e. The van der Waals surface area contributed by atoms with Gasteiger partial charge in [-0.1, -0.05) is 23.7 Å². The van der Waals surface area contributed by atoms with Crippen molar-refractivity contribution in [3.63, 3.8) is 0 Å². The van der Waals surface area contributed by atoms with E-state index in [4.69, 9.17) is 16.3 Å². The van der Waals surface area contributed by atoms with Gasteiger partial charge in [-0.15, -0.1) is 11.3 Å². The SMILES string of the molecule is COc1cc(C=NNC(=O)c2sc3cc(C)ccc3c2Cl)cc(Br)c1O. The summed E-state index contributed by atoms with van der Waals surface area (Å²) < 4.78 is 6.50. The molecule has 3 aromatic rings.